The predicted molar refractivity (Wildman–Crippen MR) is 196 cm³/mol. The number of para-hydroxylation sites is 1. The van der Waals surface area contributed by atoms with Gasteiger partial charge >= 0.3 is 0 Å². The summed E-state index contributed by atoms with van der Waals surface area (Å²) in [5, 5.41) is 0. The Morgan fingerprint density at radius 1 is 0.844 bits per heavy atom. The number of rotatable bonds is 9. The van der Waals surface area contributed by atoms with E-state index in [-0.39, 0.29) is 10.8 Å². The van der Waals surface area contributed by atoms with E-state index in [1.54, 1.807) is 5.71 Å². The van der Waals surface area contributed by atoms with Gasteiger partial charge in [0, 0.05) is 58.0 Å². The fraction of sp³-hybridized carbons (Fsp3) is 0.500. The lowest BCUT2D eigenvalue weighted by molar-refractivity contribution is -0.566. The van der Waals surface area contributed by atoms with Crippen molar-refractivity contribution in [2.45, 2.75) is 116 Å². The second kappa shape index (κ2) is 13.5. The van der Waals surface area contributed by atoms with Crippen molar-refractivity contribution in [2.75, 3.05) is 18.0 Å². The van der Waals surface area contributed by atoms with E-state index in [1.165, 1.54) is 83.0 Å². The zero-order valence-electron chi connectivity index (χ0n) is 28.7. The Hall–Kier alpha value is -2.78. The molecule has 45 heavy (non-hydrogen) atoms. The summed E-state index contributed by atoms with van der Waals surface area (Å²) in [4.78, 5) is 5.36. The molecule has 2 nitrogen and oxygen atoms in total. The first kappa shape index (κ1) is 32.2. The molecule has 2 aliphatic carbocycles. The number of hydrogen-bond donors (Lipinski definition) is 0. The third-order valence-corrected chi connectivity index (χ3v) is 12.3. The molecular formula is C42H55N2S+. The molecular weight excluding hydrogens is 565 g/mol. The number of allylic oxidation sites excluding steroid dienone is 7. The van der Waals surface area contributed by atoms with Crippen LogP contribution in [0.15, 0.2) is 106 Å². The first-order valence-corrected chi connectivity index (χ1v) is 18.7. The van der Waals surface area contributed by atoms with Crippen LogP contribution in [0.1, 0.15) is 105 Å². The second-order valence-electron chi connectivity index (χ2n) is 14.8. The molecule has 1 saturated carbocycles. The summed E-state index contributed by atoms with van der Waals surface area (Å²) in [6.45, 7) is 16.7. The standard InChI is InChI=1S/C42H55N2S/c1-7-29-43-36-23-14-12-21-34(36)41(3,4)38(43)27-25-31-17-16-18-32(40(31)45-33-19-10-9-11-20-33)26-28-39-42(5,6)35-22-13-15-24-37(35)44(39)30-8-2/h9-12,14,19-21,23,25-28,35,37H,7-8,13,15-18,22,24,29-30H2,1-6H3/q+1. The van der Waals surface area contributed by atoms with Crippen molar-refractivity contribution in [3.8, 4) is 0 Å². The molecule has 0 saturated heterocycles. The van der Waals surface area contributed by atoms with Crippen LogP contribution in [0, 0.1) is 11.3 Å². The third kappa shape index (κ3) is 6.19. The second-order valence-corrected chi connectivity index (χ2v) is 15.8. The highest BCUT2D eigenvalue weighted by molar-refractivity contribution is 8.03. The van der Waals surface area contributed by atoms with Crippen LogP contribution in [-0.4, -0.2) is 29.4 Å². The summed E-state index contributed by atoms with van der Waals surface area (Å²) < 4.78 is 2.82. The molecule has 3 heteroatoms. The maximum Gasteiger partial charge on any atom is 0.182 e. The van der Waals surface area contributed by atoms with Crippen molar-refractivity contribution < 1.29 is 4.58 Å². The van der Waals surface area contributed by atoms with Gasteiger partial charge in [-0.2, -0.15) is 0 Å². The van der Waals surface area contributed by atoms with Gasteiger partial charge in [-0.25, -0.2) is 4.58 Å². The van der Waals surface area contributed by atoms with Gasteiger partial charge in [-0.05, 0) is 93.4 Å². The van der Waals surface area contributed by atoms with E-state index in [9.17, 15) is 0 Å². The molecule has 2 aliphatic heterocycles. The van der Waals surface area contributed by atoms with Crippen molar-refractivity contribution in [3.05, 3.63) is 106 Å². The molecule has 238 valence electrons. The van der Waals surface area contributed by atoms with Crippen LogP contribution >= 0.6 is 11.8 Å². The van der Waals surface area contributed by atoms with Gasteiger partial charge in [0.05, 0.1) is 5.41 Å². The number of benzene rings is 2. The summed E-state index contributed by atoms with van der Waals surface area (Å²) in [5.74, 6) is 0.781. The summed E-state index contributed by atoms with van der Waals surface area (Å²) in [6.07, 6.45) is 21.4. The summed E-state index contributed by atoms with van der Waals surface area (Å²) in [7, 11) is 0. The van der Waals surface area contributed by atoms with Gasteiger partial charge in [0.15, 0.2) is 11.8 Å². The van der Waals surface area contributed by atoms with E-state index in [1.807, 2.05) is 11.8 Å². The average molecular weight is 620 g/mol. The number of anilines is 1. The normalized spacial score (nSPS) is 26.0. The smallest absolute Gasteiger partial charge is 0.182 e. The molecule has 6 rings (SSSR count). The Morgan fingerprint density at radius 3 is 2.38 bits per heavy atom. The van der Waals surface area contributed by atoms with Gasteiger partial charge in [0.2, 0.25) is 0 Å². The molecule has 0 amide bonds. The molecule has 2 aromatic carbocycles. The van der Waals surface area contributed by atoms with Gasteiger partial charge in [-0.3, -0.25) is 0 Å². The van der Waals surface area contributed by atoms with Crippen molar-refractivity contribution in [1.29, 1.82) is 0 Å². The molecule has 0 radical (unpaired) electrons. The maximum absolute atomic E-state index is 2.82. The number of fused-ring (bicyclic) bond motifs is 2. The zero-order valence-corrected chi connectivity index (χ0v) is 29.6. The summed E-state index contributed by atoms with van der Waals surface area (Å²) >= 11 is 1.97. The number of nitrogens with zero attached hydrogens (tertiary/aromatic N) is 2. The van der Waals surface area contributed by atoms with Crippen LogP contribution in [0.4, 0.5) is 5.69 Å². The van der Waals surface area contributed by atoms with Gasteiger partial charge < -0.3 is 4.90 Å². The Labute approximate surface area is 278 Å². The Kier molecular flexibility index (Phi) is 9.67. The van der Waals surface area contributed by atoms with E-state index < -0.39 is 0 Å². The van der Waals surface area contributed by atoms with E-state index in [4.69, 9.17) is 0 Å². The lowest BCUT2D eigenvalue weighted by Crippen LogP contribution is -2.35. The van der Waals surface area contributed by atoms with Gasteiger partial charge in [0.1, 0.15) is 6.54 Å². The Balaban J connectivity index is 1.42. The van der Waals surface area contributed by atoms with Crippen molar-refractivity contribution >= 4 is 23.2 Å². The quantitative estimate of drug-likeness (QED) is 0.258. The summed E-state index contributed by atoms with van der Waals surface area (Å²) in [5.41, 5.74) is 9.04. The highest BCUT2D eigenvalue weighted by Crippen LogP contribution is 2.49. The molecule has 0 N–H and O–H groups in total. The molecule has 2 aromatic rings. The largest absolute Gasteiger partial charge is 0.344 e. The number of hydrogen-bond acceptors (Lipinski definition) is 2. The lowest BCUT2D eigenvalue weighted by Gasteiger charge is -2.30. The lowest BCUT2D eigenvalue weighted by atomic mass is 9.69. The van der Waals surface area contributed by atoms with Crippen molar-refractivity contribution in [3.63, 3.8) is 0 Å². The maximum atomic E-state index is 2.82. The minimum Gasteiger partial charge on any atom is -0.344 e. The molecule has 0 spiro atoms. The van der Waals surface area contributed by atoms with E-state index in [0.29, 0.717) is 0 Å². The highest BCUT2D eigenvalue weighted by atomic mass is 32.2. The fourth-order valence-electron chi connectivity index (χ4n) is 8.83. The minimum absolute atomic E-state index is 0.0130. The van der Waals surface area contributed by atoms with Crippen LogP contribution in [-0.2, 0) is 5.41 Å². The van der Waals surface area contributed by atoms with Crippen LogP contribution in [0.2, 0.25) is 0 Å². The van der Waals surface area contributed by atoms with Crippen LogP contribution in [0.3, 0.4) is 0 Å². The van der Waals surface area contributed by atoms with Gasteiger partial charge in [-0.1, -0.05) is 94.4 Å². The highest BCUT2D eigenvalue weighted by Gasteiger charge is 2.54. The molecule has 0 bridgehead atoms. The third-order valence-electron chi connectivity index (χ3n) is 11.1. The van der Waals surface area contributed by atoms with Crippen molar-refractivity contribution in [2.24, 2.45) is 11.3 Å². The molecule has 2 heterocycles. The fourth-order valence-corrected chi connectivity index (χ4v) is 9.96. The first-order valence-electron chi connectivity index (χ1n) is 17.8. The van der Waals surface area contributed by atoms with E-state index in [2.05, 4.69) is 130 Å². The SMILES string of the molecule is CCCN1/C(=C/C=C2\CCCC(/C=C/C3=[N+](CCC)C4CCCCC4C3(C)C)=C2Sc2ccccc2)C(C)(C)c2ccccc21. The molecule has 2 unspecified atom stereocenters. The van der Waals surface area contributed by atoms with Gasteiger partial charge in [-0.15, -0.1) is 0 Å². The topological polar surface area (TPSA) is 6.25 Å². The van der Waals surface area contributed by atoms with E-state index >= 15 is 0 Å². The van der Waals surface area contributed by atoms with Crippen LogP contribution in [0.25, 0.3) is 0 Å². The van der Waals surface area contributed by atoms with E-state index in [0.717, 1.165) is 37.8 Å². The molecule has 0 aromatic heterocycles. The average Bonchev–Trinajstić information content (AvgIpc) is 3.39. The first-order chi connectivity index (χ1) is 21.8. The minimum atomic E-state index is -0.0130. The zero-order chi connectivity index (χ0) is 31.6. The molecule has 2 atom stereocenters. The summed E-state index contributed by atoms with van der Waals surface area (Å²) in [6, 6.07) is 20.8. The van der Waals surface area contributed by atoms with Gasteiger partial charge in [0.25, 0.3) is 0 Å². The molecule has 1 fully saturated rings. The monoisotopic (exact) mass is 619 g/mol. The van der Waals surface area contributed by atoms with Crippen LogP contribution < -0.4 is 4.90 Å². The number of thioether (sulfide) groups is 1. The Morgan fingerprint density at radius 2 is 1.60 bits per heavy atom. The molecule has 4 aliphatic rings. The predicted octanol–water partition coefficient (Wildman–Crippen LogP) is 11.3. The Bertz CT molecular complexity index is 1530. The van der Waals surface area contributed by atoms with Crippen LogP contribution in [0.5, 0.6) is 0 Å². The van der Waals surface area contributed by atoms with Crippen molar-refractivity contribution in [1.82, 2.24) is 0 Å².